The van der Waals surface area contributed by atoms with Crippen LogP contribution in [-0.4, -0.2) is 46.5 Å². The molecule has 0 aromatic heterocycles. The van der Waals surface area contributed by atoms with Gasteiger partial charge in [0.1, 0.15) is 6.04 Å². The molecule has 0 unspecified atom stereocenters. The van der Waals surface area contributed by atoms with E-state index in [4.69, 9.17) is 5.73 Å². The second-order valence-corrected chi connectivity index (χ2v) is 6.49. The van der Waals surface area contributed by atoms with Crippen LogP contribution in [0.5, 0.6) is 0 Å². The van der Waals surface area contributed by atoms with E-state index in [9.17, 15) is 9.59 Å². The number of thioether (sulfide) groups is 1. The summed E-state index contributed by atoms with van der Waals surface area (Å²) in [5.41, 5.74) is 5.91. The van der Waals surface area contributed by atoms with Gasteiger partial charge in [0, 0.05) is 6.54 Å². The van der Waals surface area contributed by atoms with E-state index in [2.05, 4.69) is 5.32 Å². The van der Waals surface area contributed by atoms with Crippen molar-refractivity contribution in [1.82, 2.24) is 10.2 Å². The van der Waals surface area contributed by atoms with E-state index in [1.807, 2.05) is 6.92 Å². The number of piperidine rings is 1. The van der Waals surface area contributed by atoms with Crippen LogP contribution in [0.2, 0.25) is 0 Å². The molecule has 3 N–H and O–H groups in total. The predicted molar refractivity (Wildman–Crippen MR) is 83.9 cm³/mol. The zero-order valence-corrected chi connectivity index (χ0v) is 13.5. The van der Waals surface area contributed by atoms with Gasteiger partial charge in [0.05, 0.1) is 11.4 Å². The molecule has 0 aromatic rings. The average Bonchev–Trinajstić information content (AvgIpc) is 2.56. The number of carbonyl (C=O) groups excluding carboxylic acids is 2. The second kappa shape index (κ2) is 8.10. The maximum atomic E-state index is 12.4. The molecule has 2 saturated heterocycles. The Bertz CT molecular complexity index is 357. The molecule has 2 heterocycles. The number of fused-ring (bicyclic) bond motifs is 1. The maximum absolute atomic E-state index is 12.4. The van der Waals surface area contributed by atoms with E-state index in [0.717, 1.165) is 31.4 Å². The van der Waals surface area contributed by atoms with Gasteiger partial charge in [-0.25, -0.2) is 0 Å². The summed E-state index contributed by atoms with van der Waals surface area (Å²) in [5.74, 6) is 0.832. The van der Waals surface area contributed by atoms with E-state index < -0.39 is 6.04 Å². The van der Waals surface area contributed by atoms with E-state index in [1.165, 1.54) is 0 Å². The van der Waals surface area contributed by atoms with Crippen LogP contribution < -0.4 is 11.1 Å². The van der Waals surface area contributed by atoms with E-state index in [-0.39, 0.29) is 35.6 Å². The summed E-state index contributed by atoms with van der Waals surface area (Å²) in [5, 5.41) is 3.04. The number of carbonyl (C=O) groups is 2. The first-order valence-corrected chi connectivity index (χ1v) is 8.17. The van der Waals surface area contributed by atoms with Gasteiger partial charge in [-0.1, -0.05) is 6.92 Å². The summed E-state index contributed by atoms with van der Waals surface area (Å²) in [6, 6.07) is -0.772. The van der Waals surface area contributed by atoms with Crippen LogP contribution >= 0.6 is 24.2 Å². The molecule has 0 spiro atoms. The lowest BCUT2D eigenvalue weighted by Crippen LogP contribution is -2.58. The Morgan fingerprint density at radius 2 is 2.20 bits per heavy atom. The smallest absolute Gasteiger partial charge is 0.242 e. The fourth-order valence-corrected chi connectivity index (χ4v) is 4.10. The third kappa shape index (κ3) is 3.80. The van der Waals surface area contributed by atoms with Crippen molar-refractivity contribution in [2.75, 3.05) is 12.3 Å². The molecule has 2 amide bonds. The fraction of sp³-hybridized carbons (Fsp3) is 0.846. The van der Waals surface area contributed by atoms with Gasteiger partial charge in [0.15, 0.2) is 0 Å². The molecule has 0 bridgehead atoms. The van der Waals surface area contributed by atoms with Crippen LogP contribution in [0, 0.1) is 0 Å². The lowest BCUT2D eigenvalue weighted by molar-refractivity contribution is -0.144. The van der Waals surface area contributed by atoms with Crippen molar-refractivity contribution in [3.8, 4) is 0 Å². The van der Waals surface area contributed by atoms with Crippen LogP contribution in [-0.2, 0) is 9.59 Å². The summed E-state index contributed by atoms with van der Waals surface area (Å²) in [4.78, 5) is 26.4. The summed E-state index contributed by atoms with van der Waals surface area (Å²) >= 11 is 1.77. The molecular weight excluding hydrogens is 298 g/mol. The number of halogens is 1. The molecule has 116 valence electrons. The summed E-state index contributed by atoms with van der Waals surface area (Å²) in [7, 11) is 0. The zero-order valence-electron chi connectivity index (χ0n) is 11.8. The quantitative estimate of drug-likeness (QED) is 0.816. The van der Waals surface area contributed by atoms with Crippen molar-refractivity contribution in [3.05, 3.63) is 0 Å². The molecular formula is C13H24ClN3O2S. The number of nitrogens with one attached hydrogen (secondary N) is 1. The topological polar surface area (TPSA) is 75.4 Å². The maximum Gasteiger partial charge on any atom is 0.242 e. The second-order valence-electron chi connectivity index (χ2n) is 5.20. The molecule has 0 radical (unpaired) electrons. The minimum absolute atomic E-state index is 0. The summed E-state index contributed by atoms with van der Waals surface area (Å²) in [6.07, 6.45) is 4.34. The Morgan fingerprint density at radius 1 is 1.45 bits per heavy atom. The number of rotatable bonds is 3. The Labute approximate surface area is 130 Å². The van der Waals surface area contributed by atoms with E-state index >= 15 is 0 Å². The number of nitrogens with zero attached hydrogens (tertiary/aromatic N) is 1. The molecule has 7 heteroatoms. The lowest BCUT2D eigenvalue weighted by atomic mass is 9.99. The molecule has 2 aliphatic rings. The van der Waals surface area contributed by atoms with E-state index in [1.54, 1.807) is 16.7 Å². The molecule has 2 aliphatic heterocycles. The first kappa shape index (κ1) is 17.6. The Balaban J connectivity index is 0.00000200. The van der Waals surface area contributed by atoms with Crippen molar-refractivity contribution in [1.29, 1.82) is 0 Å². The SMILES string of the molecule is CCCNC(=O)[C@@H]1CCC[C@@H]2SCC[C@H](N)C(=O)N21.Cl. The van der Waals surface area contributed by atoms with Crippen molar-refractivity contribution >= 4 is 36.0 Å². The van der Waals surface area contributed by atoms with Crippen molar-refractivity contribution < 1.29 is 9.59 Å². The van der Waals surface area contributed by atoms with Gasteiger partial charge in [-0.3, -0.25) is 9.59 Å². The monoisotopic (exact) mass is 321 g/mol. The van der Waals surface area contributed by atoms with Gasteiger partial charge in [-0.05, 0) is 37.9 Å². The average molecular weight is 322 g/mol. The van der Waals surface area contributed by atoms with Crippen molar-refractivity contribution in [2.45, 2.75) is 56.5 Å². The Morgan fingerprint density at radius 3 is 2.90 bits per heavy atom. The Kier molecular flexibility index (Phi) is 7.12. The molecule has 2 rings (SSSR count). The van der Waals surface area contributed by atoms with Crippen LogP contribution in [0.25, 0.3) is 0 Å². The van der Waals surface area contributed by atoms with E-state index in [0.29, 0.717) is 13.0 Å². The molecule has 3 atom stereocenters. The third-order valence-corrected chi connectivity index (χ3v) is 5.06. The molecule has 0 aliphatic carbocycles. The Hall–Kier alpha value is -0.460. The minimum atomic E-state index is -0.447. The predicted octanol–water partition coefficient (Wildman–Crippen LogP) is 1.11. The highest BCUT2D eigenvalue weighted by Gasteiger charge is 2.41. The van der Waals surface area contributed by atoms with Crippen LogP contribution in [0.1, 0.15) is 39.0 Å². The first-order chi connectivity index (χ1) is 9.15. The highest BCUT2D eigenvalue weighted by Crippen LogP contribution is 2.33. The normalized spacial score (nSPS) is 30.0. The van der Waals surface area contributed by atoms with Gasteiger partial charge in [0.25, 0.3) is 0 Å². The van der Waals surface area contributed by atoms with Crippen LogP contribution in [0.3, 0.4) is 0 Å². The van der Waals surface area contributed by atoms with Gasteiger partial charge < -0.3 is 16.0 Å². The number of nitrogens with two attached hydrogens (primary N) is 1. The van der Waals surface area contributed by atoms with Gasteiger partial charge >= 0.3 is 0 Å². The minimum Gasteiger partial charge on any atom is -0.354 e. The molecule has 20 heavy (non-hydrogen) atoms. The lowest BCUT2D eigenvalue weighted by Gasteiger charge is -2.40. The number of amides is 2. The fourth-order valence-electron chi connectivity index (χ4n) is 2.69. The third-order valence-electron chi connectivity index (χ3n) is 3.74. The van der Waals surface area contributed by atoms with Gasteiger partial charge in [0.2, 0.25) is 11.8 Å². The molecule has 5 nitrogen and oxygen atoms in total. The van der Waals surface area contributed by atoms with Gasteiger partial charge in [-0.15, -0.1) is 24.2 Å². The van der Waals surface area contributed by atoms with Crippen molar-refractivity contribution in [3.63, 3.8) is 0 Å². The summed E-state index contributed by atoms with van der Waals surface area (Å²) in [6.45, 7) is 2.69. The summed E-state index contributed by atoms with van der Waals surface area (Å²) < 4.78 is 0. The first-order valence-electron chi connectivity index (χ1n) is 7.12. The highest BCUT2D eigenvalue weighted by atomic mass is 35.5. The molecule has 0 aromatic carbocycles. The zero-order chi connectivity index (χ0) is 13.8. The molecule has 2 fully saturated rings. The van der Waals surface area contributed by atoms with Gasteiger partial charge in [-0.2, -0.15) is 0 Å². The van der Waals surface area contributed by atoms with Crippen LogP contribution in [0.4, 0.5) is 0 Å². The molecule has 0 saturated carbocycles. The number of hydrogen-bond acceptors (Lipinski definition) is 4. The highest BCUT2D eigenvalue weighted by molar-refractivity contribution is 7.99. The van der Waals surface area contributed by atoms with Crippen LogP contribution in [0.15, 0.2) is 0 Å². The largest absolute Gasteiger partial charge is 0.354 e. The standard InChI is InChI=1S/C13H23N3O2S.ClH/c1-2-7-15-12(17)10-4-3-5-11-16(10)13(18)9(14)6-8-19-11;/h9-11H,2-8,14H2,1H3,(H,15,17);1H/t9-,10-,11-;/m0./s1. The van der Waals surface area contributed by atoms with Crippen molar-refractivity contribution in [2.24, 2.45) is 5.73 Å². The number of hydrogen-bond donors (Lipinski definition) is 2.